The van der Waals surface area contributed by atoms with Gasteiger partial charge in [0.15, 0.2) is 0 Å². The van der Waals surface area contributed by atoms with Crippen molar-refractivity contribution in [3.63, 3.8) is 0 Å². The lowest BCUT2D eigenvalue weighted by Gasteiger charge is -2.42. The second-order valence-corrected chi connectivity index (χ2v) is 6.97. The van der Waals surface area contributed by atoms with Gasteiger partial charge >= 0.3 is 0 Å². The minimum Gasteiger partial charge on any atom is -0.385 e. The van der Waals surface area contributed by atoms with E-state index in [1.54, 1.807) is 0 Å². The number of rotatable bonds is 4. The summed E-state index contributed by atoms with van der Waals surface area (Å²) in [7, 11) is 0. The van der Waals surface area contributed by atoms with Crippen LogP contribution in [0.3, 0.4) is 0 Å². The molecule has 0 aliphatic heterocycles. The summed E-state index contributed by atoms with van der Waals surface area (Å²) in [6.07, 6.45) is 3.55. The van der Waals surface area contributed by atoms with Gasteiger partial charge in [-0.1, -0.05) is 18.5 Å². The van der Waals surface area contributed by atoms with Crippen LogP contribution in [-0.4, -0.2) is 17.3 Å². The fraction of sp³-hybridized carbons (Fsp3) is 0.714. The zero-order valence-electron chi connectivity index (χ0n) is 11.0. The maximum atomic E-state index is 10.7. The van der Waals surface area contributed by atoms with Crippen molar-refractivity contribution in [2.75, 3.05) is 6.61 Å². The lowest BCUT2D eigenvalue weighted by molar-refractivity contribution is -0.145. The minimum absolute atomic E-state index is 0.407. The van der Waals surface area contributed by atoms with Crippen LogP contribution in [0.25, 0.3) is 0 Å². The molecule has 0 amide bonds. The SMILES string of the molecule is CCOC1(C(O)c2ccc(Cl)s2)CCC(C)CC1. The third-order valence-corrected chi connectivity index (χ3v) is 5.20. The molecule has 1 aliphatic carbocycles. The number of aliphatic hydroxyl groups excluding tert-OH is 1. The van der Waals surface area contributed by atoms with Gasteiger partial charge in [0.2, 0.25) is 0 Å². The molecule has 1 aliphatic rings. The van der Waals surface area contributed by atoms with Crippen molar-refractivity contribution in [3.05, 3.63) is 21.3 Å². The molecule has 2 nitrogen and oxygen atoms in total. The molecule has 1 unspecified atom stereocenters. The van der Waals surface area contributed by atoms with E-state index in [2.05, 4.69) is 6.92 Å². The molecule has 4 heteroatoms. The van der Waals surface area contributed by atoms with Crippen LogP contribution < -0.4 is 0 Å². The minimum atomic E-state index is -0.553. The summed E-state index contributed by atoms with van der Waals surface area (Å²) in [4.78, 5) is 0.919. The summed E-state index contributed by atoms with van der Waals surface area (Å²) in [5.74, 6) is 0.734. The quantitative estimate of drug-likeness (QED) is 0.889. The van der Waals surface area contributed by atoms with Crippen LogP contribution in [0.4, 0.5) is 0 Å². The zero-order valence-corrected chi connectivity index (χ0v) is 12.6. The second kappa shape index (κ2) is 5.91. The lowest BCUT2D eigenvalue weighted by Crippen LogP contribution is -2.42. The van der Waals surface area contributed by atoms with Gasteiger partial charge in [0.25, 0.3) is 0 Å². The Morgan fingerprint density at radius 2 is 2.17 bits per heavy atom. The van der Waals surface area contributed by atoms with Crippen molar-refractivity contribution in [2.24, 2.45) is 5.92 Å². The van der Waals surface area contributed by atoms with E-state index in [1.807, 2.05) is 19.1 Å². The van der Waals surface area contributed by atoms with E-state index in [1.165, 1.54) is 11.3 Å². The Hall–Kier alpha value is -0.0900. The molecule has 1 atom stereocenters. The Morgan fingerprint density at radius 3 is 2.67 bits per heavy atom. The Balaban J connectivity index is 2.18. The van der Waals surface area contributed by atoms with Crippen LogP contribution in [-0.2, 0) is 4.74 Å². The number of hydrogen-bond donors (Lipinski definition) is 1. The van der Waals surface area contributed by atoms with Gasteiger partial charge in [-0.05, 0) is 50.7 Å². The molecule has 0 radical (unpaired) electrons. The van der Waals surface area contributed by atoms with Gasteiger partial charge in [0, 0.05) is 11.5 Å². The Bertz CT molecular complexity index is 383. The summed E-state index contributed by atoms with van der Waals surface area (Å²) >= 11 is 7.41. The Morgan fingerprint density at radius 1 is 1.50 bits per heavy atom. The van der Waals surface area contributed by atoms with Crippen molar-refractivity contribution >= 4 is 22.9 Å². The summed E-state index contributed by atoms with van der Waals surface area (Å²) in [6, 6.07) is 3.76. The van der Waals surface area contributed by atoms with Crippen LogP contribution in [0.5, 0.6) is 0 Å². The molecular weight excluding hydrogens is 268 g/mol. The molecule has 0 bridgehead atoms. The predicted molar refractivity (Wildman–Crippen MR) is 76.3 cm³/mol. The van der Waals surface area contributed by atoms with Crippen LogP contribution in [0.15, 0.2) is 12.1 Å². The van der Waals surface area contributed by atoms with E-state index >= 15 is 0 Å². The number of aliphatic hydroxyl groups is 1. The van der Waals surface area contributed by atoms with Gasteiger partial charge in [-0.3, -0.25) is 0 Å². The van der Waals surface area contributed by atoms with E-state index in [0.717, 1.165) is 40.8 Å². The molecule has 0 aromatic carbocycles. The second-order valence-electron chi connectivity index (χ2n) is 5.22. The molecule has 1 N–H and O–H groups in total. The molecule has 1 fully saturated rings. The average molecular weight is 289 g/mol. The molecule has 1 saturated carbocycles. The number of hydrogen-bond acceptors (Lipinski definition) is 3. The van der Waals surface area contributed by atoms with Crippen LogP contribution >= 0.6 is 22.9 Å². The first-order valence-corrected chi connectivity index (χ1v) is 7.84. The van der Waals surface area contributed by atoms with Crippen LogP contribution in [0, 0.1) is 5.92 Å². The van der Waals surface area contributed by atoms with E-state index in [4.69, 9.17) is 16.3 Å². The molecular formula is C14H21ClO2S. The number of ether oxygens (including phenoxy) is 1. The smallest absolute Gasteiger partial charge is 0.117 e. The first-order valence-electron chi connectivity index (χ1n) is 6.64. The van der Waals surface area contributed by atoms with Gasteiger partial charge in [0.05, 0.1) is 9.94 Å². The van der Waals surface area contributed by atoms with Gasteiger partial charge in [-0.25, -0.2) is 0 Å². The van der Waals surface area contributed by atoms with Crippen molar-refractivity contribution in [1.29, 1.82) is 0 Å². The Labute approximate surface area is 118 Å². The molecule has 0 saturated heterocycles. The van der Waals surface area contributed by atoms with Crippen LogP contribution in [0.1, 0.15) is 50.5 Å². The Kier molecular flexibility index (Phi) is 4.70. The van der Waals surface area contributed by atoms with Crippen molar-refractivity contribution < 1.29 is 9.84 Å². The highest BCUT2D eigenvalue weighted by Crippen LogP contribution is 2.45. The lowest BCUT2D eigenvalue weighted by atomic mass is 9.76. The van der Waals surface area contributed by atoms with Gasteiger partial charge in [-0.2, -0.15) is 0 Å². The molecule has 1 aromatic heterocycles. The fourth-order valence-corrected chi connectivity index (χ4v) is 3.92. The monoisotopic (exact) mass is 288 g/mol. The number of thiophene rings is 1. The largest absolute Gasteiger partial charge is 0.385 e. The first-order chi connectivity index (χ1) is 8.57. The molecule has 18 heavy (non-hydrogen) atoms. The van der Waals surface area contributed by atoms with E-state index < -0.39 is 11.7 Å². The highest BCUT2D eigenvalue weighted by molar-refractivity contribution is 7.16. The summed E-state index contributed by atoms with van der Waals surface area (Å²) in [5, 5.41) is 10.7. The van der Waals surface area contributed by atoms with Crippen molar-refractivity contribution in [1.82, 2.24) is 0 Å². The highest BCUT2D eigenvalue weighted by atomic mass is 35.5. The van der Waals surface area contributed by atoms with Crippen molar-refractivity contribution in [2.45, 2.75) is 51.2 Å². The van der Waals surface area contributed by atoms with Gasteiger partial charge < -0.3 is 9.84 Å². The van der Waals surface area contributed by atoms with Crippen molar-refractivity contribution in [3.8, 4) is 0 Å². The highest BCUT2D eigenvalue weighted by Gasteiger charge is 2.42. The van der Waals surface area contributed by atoms with Gasteiger partial charge in [-0.15, -0.1) is 11.3 Å². The normalized spacial score (nSPS) is 30.3. The summed E-state index contributed by atoms with van der Waals surface area (Å²) in [6.45, 7) is 4.91. The summed E-state index contributed by atoms with van der Waals surface area (Å²) < 4.78 is 6.68. The predicted octanol–water partition coefficient (Wildman–Crippen LogP) is 4.42. The van der Waals surface area contributed by atoms with Gasteiger partial charge in [0.1, 0.15) is 6.10 Å². The average Bonchev–Trinajstić information content (AvgIpc) is 2.78. The maximum Gasteiger partial charge on any atom is 0.117 e. The maximum absolute atomic E-state index is 10.7. The standard InChI is InChI=1S/C14H21ClO2S/c1-3-17-14(8-6-10(2)7-9-14)13(16)11-4-5-12(15)18-11/h4-5,10,13,16H,3,6-9H2,1-2H3. The third kappa shape index (κ3) is 2.90. The molecule has 1 heterocycles. The first kappa shape index (κ1) is 14.3. The molecule has 1 aromatic rings. The fourth-order valence-electron chi connectivity index (χ4n) is 2.77. The molecule has 2 rings (SSSR count). The molecule has 0 spiro atoms. The summed E-state index contributed by atoms with van der Waals surface area (Å²) in [5.41, 5.74) is -0.407. The van der Waals surface area contributed by atoms with E-state index in [9.17, 15) is 5.11 Å². The van der Waals surface area contributed by atoms with E-state index in [-0.39, 0.29) is 0 Å². The topological polar surface area (TPSA) is 29.5 Å². The van der Waals surface area contributed by atoms with Crippen LogP contribution in [0.2, 0.25) is 4.34 Å². The molecule has 102 valence electrons. The third-order valence-electron chi connectivity index (χ3n) is 3.91. The van der Waals surface area contributed by atoms with E-state index in [0.29, 0.717) is 6.61 Å². The number of halogens is 1. The zero-order chi connectivity index (χ0) is 13.2.